The lowest BCUT2D eigenvalue weighted by molar-refractivity contribution is -0.118. The molecule has 0 spiro atoms. The van der Waals surface area contributed by atoms with E-state index in [9.17, 15) is 4.79 Å². The van der Waals surface area contributed by atoms with Gasteiger partial charge in [-0.15, -0.1) is 0 Å². The minimum Gasteiger partial charge on any atom is -0.478 e. The minimum atomic E-state index is -0.0855. The average molecular weight is 426 g/mol. The van der Waals surface area contributed by atoms with E-state index in [1.165, 1.54) is 51.4 Å². The zero-order chi connectivity index (χ0) is 22.2. The Morgan fingerprint density at radius 1 is 0.903 bits per heavy atom. The normalized spacial score (nSPS) is 11.6. The van der Waals surface area contributed by atoms with Crippen molar-refractivity contribution >= 4 is 5.91 Å². The Bertz CT molecular complexity index is 815. The highest BCUT2D eigenvalue weighted by molar-refractivity contribution is 5.76. The van der Waals surface area contributed by atoms with Crippen LogP contribution in [0.3, 0.4) is 0 Å². The predicted octanol–water partition coefficient (Wildman–Crippen LogP) is 6.40. The summed E-state index contributed by atoms with van der Waals surface area (Å²) in [5.74, 6) is 0.536. The summed E-state index contributed by atoms with van der Waals surface area (Å²) >= 11 is 0. The van der Waals surface area contributed by atoms with Gasteiger partial charge in [-0.1, -0.05) is 89.8 Å². The summed E-state index contributed by atoms with van der Waals surface area (Å²) in [6.45, 7) is 5.06. The summed E-state index contributed by atoms with van der Waals surface area (Å²) in [6.07, 6.45) is 15.0. The van der Waals surface area contributed by atoms with E-state index >= 15 is 0 Å². The van der Waals surface area contributed by atoms with E-state index in [0.29, 0.717) is 24.3 Å². The number of carbonyl (C=O) groups is 1. The molecule has 2 rings (SSSR count). The van der Waals surface area contributed by atoms with Crippen LogP contribution in [-0.4, -0.2) is 22.3 Å². The number of ether oxygens (including phenoxy) is 1. The molecule has 170 valence electrons. The first kappa shape index (κ1) is 24.8. The molecule has 31 heavy (non-hydrogen) atoms. The van der Waals surface area contributed by atoms with E-state index in [0.717, 1.165) is 24.9 Å². The van der Waals surface area contributed by atoms with Crippen LogP contribution < -0.4 is 10.1 Å². The summed E-state index contributed by atoms with van der Waals surface area (Å²) in [7, 11) is 0. The molecule has 0 aliphatic carbocycles. The van der Waals surface area contributed by atoms with Gasteiger partial charge in [-0.05, 0) is 25.0 Å². The highest BCUT2D eigenvalue weighted by Gasteiger charge is 2.07. The van der Waals surface area contributed by atoms with Crippen LogP contribution in [-0.2, 0) is 4.79 Å². The van der Waals surface area contributed by atoms with Crippen LogP contribution in [0.25, 0.3) is 5.69 Å². The number of para-hydroxylation sites is 1. The second-order valence-corrected chi connectivity index (χ2v) is 8.09. The Kier molecular flexibility index (Phi) is 12.3. The second kappa shape index (κ2) is 15.4. The SMILES string of the molecule is CCCCCCCCOc1c/c(=N\C(=O)CCCCCCC)cnn1-c1ccccc1. The standard InChI is InChI=1S/C26H39N3O2/c1-3-5-7-9-11-16-20-31-26-21-23(28-25(30)19-15-10-8-6-4-2)22-27-29(26)24-17-13-12-14-18-24/h12-14,17-18,21-22H,3-11,15-16,19-20H2,1-2H3/b28-23+. The van der Waals surface area contributed by atoms with Crippen molar-refractivity contribution < 1.29 is 9.53 Å². The van der Waals surface area contributed by atoms with Crippen molar-refractivity contribution in [1.82, 2.24) is 9.78 Å². The summed E-state index contributed by atoms with van der Waals surface area (Å²) in [5.41, 5.74) is 0.925. The molecule has 0 aliphatic rings. The third kappa shape index (κ3) is 9.95. The first-order valence-electron chi connectivity index (χ1n) is 12.1. The van der Waals surface area contributed by atoms with Gasteiger partial charge in [0.1, 0.15) is 0 Å². The van der Waals surface area contributed by atoms with Crippen molar-refractivity contribution in [3.63, 3.8) is 0 Å². The van der Waals surface area contributed by atoms with E-state index in [1.807, 2.05) is 36.4 Å². The third-order valence-electron chi connectivity index (χ3n) is 5.28. The van der Waals surface area contributed by atoms with E-state index in [1.54, 1.807) is 10.9 Å². The fourth-order valence-corrected chi connectivity index (χ4v) is 3.46. The molecule has 0 radical (unpaired) electrons. The lowest BCUT2D eigenvalue weighted by atomic mass is 10.1. The van der Waals surface area contributed by atoms with Crippen LogP contribution in [0.2, 0.25) is 0 Å². The van der Waals surface area contributed by atoms with Gasteiger partial charge in [-0.3, -0.25) is 4.79 Å². The van der Waals surface area contributed by atoms with Crippen molar-refractivity contribution in [3.05, 3.63) is 48.0 Å². The molecule has 0 saturated heterocycles. The van der Waals surface area contributed by atoms with E-state index in [4.69, 9.17) is 4.74 Å². The summed E-state index contributed by atoms with van der Waals surface area (Å²) in [5, 5.41) is 5.07. The van der Waals surface area contributed by atoms with Crippen LogP contribution in [0.15, 0.2) is 47.6 Å². The van der Waals surface area contributed by atoms with Gasteiger partial charge < -0.3 is 4.74 Å². The fraction of sp³-hybridized carbons (Fsp3) is 0.577. The summed E-state index contributed by atoms with van der Waals surface area (Å²) < 4.78 is 7.84. The molecular weight excluding hydrogens is 386 g/mol. The second-order valence-electron chi connectivity index (χ2n) is 8.09. The maximum Gasteiger partial charge on any atom is 0.246 e. The Morgan fingerprint density at radius 2 is 1.55 bits per heavy atom. The highest BCUT2D eigenvalue weighted by atomic mass is 16.5. The average Bonchev–Trinajstić information content (AvgIpc) is 2.79. The molecule has 1 aromatic heterocycles. The largest absolute Gasteiger partial charge is 0.478 e. The molecule has 0 aliphatic heterocycles. The van der Waals surface area contributed by atoms with Crippen LogP contribution in [0.5, 0.6) is 5.88 Å². The Labute approximate surface area is 187 Å². The summed E-state index contributed by atoms with van der Waals surface area (Å²) in [4.78, 5) is 16.5. The number of hydrogen-bond donors (Lipinski definition) is 0. The maximum atomic E-state index is 12.3. The molecule has 5 nitrogen and oxygen atoms in total. The summed E-state index contributed by atoms with van der Waals surface area (Å²) in [6, 6.07) is 11.7. The van der Waals surface area contributed by atoms with Gasteiger partial charge >= 0.3 is 0 Å². The van der Waals surface area contributed by atoms with Crippen molar-refractivity contribution in [2.75, 3.05) is 6.61 Å². The Balaban J connectivity index is 2.02. The van der Waals surface area contributed by atoms with Gasteiger partial charge in [0.05, 0.1) is 23.8 Å². The molecule has 2 aromatic rings. The molecule has 0 fully saturated rings. The van der Waals surface area contributed by atoms with E-state index in [2.05, 4.69) is 23.9 Å². The molecule has 1 amide bonds. The maximum absolute atomic E-state index is 12.3. The smallest absolute Gasteiger partial charge is 0.246 e. The van der Waals surface area contributed by atoms with Crippen molar-refractivity contribution in [2.24, 2.45) is 4.99 Å². The monoisotopic (exact) mass is 425 g/mol. The molecule has 1 aromatic carbocycles. The number of unbranched alkanes of at least 4 members (excludes halogenated alkanes) is 9. The zero-order valence-electron chi connectivity index (χ0n) is 19.4. The number of carbonyl (C=O) groups excluding carboxylic acids is 1. The first-order valence-corrected chi connectivity index (χ1v) is 12.1. The van der Waals surface area contributed by atoms with Gasteiger partial charge in [-0.2, -0.15) is 5.10 Å². The van der Waals surface area contributed by atoms with E-state index in [-0.39, 0.29) is 5.91 Å². The number of rotatable bonds is 15. The predicted molar refractivity (Wildman–Crippen MR) is 126 cm³/mol. The van der Waals surface area contributed by atoms with Gasteiger partial charge in [0.25, 0.3) is 0 Å². The number of benzene rings is 1. The number of hydrogen-bond acceptors (Lipinski definition) is 3. The molecule has 0 N–H and O–H groups in total. The number of amides is 1. The van der Waals surface area contributed by atoms with Crippen molar-refractivity contribution in [1.29, 1.82) is 0 Å². The van der Waals surface area contributed by atoms with Crippen LogP contribution in [0.4, 0.5) is 0 Å². The molecule has 0 bridgehead atoms. The lowest BCUT2D eigenvalue weighted by Gasteiger charge is -2.13. The van der Waals surface area contributed by atoms with Gasteiger partial charge in [-0.25, -0.2) is 9.67 Å². The Hall–Kier alpha value is -2.43. The lowest BCUT2D eigenvalue weighted by Crippen LogP contribution is -2.15. The molecule has 0 atom stereocenters. The molecule has 0 saturated carbocycles. The minimum absolute atomic E-state index is 0.0855. The first-order chi connectivity index (χ1) is 15.2. The highest BCUT2D eigenvalue weighted by Crippen LogP contribution is 2.15. The fourth-order valence-electron chi connectivity index (χ4n) is 3.46. The zero-order valence-corrected chi connectivity index (χ0v) is 19.4. The quantitative estimate of drug-likeness (QED) is 0.310. The molecule has 0 unspecified atom stereocenters. The molecular formula is C26H39N3O2. The third-order valence-corrected chi connectivity index (χ3v) is 5.28. The van der Waals surface area contributed by atoms with Gasteiger partial charge in [0.15, 0.2) is 0 Å². The van der Waals surface area contributed by atoms with Crippen molar-refractivity contribution in [2.45, 2.75) is 90.9 Å². The molecule has 5 heteroatoms. The van der Waals surface area contributed by atoms with Crippen molar-refractivity contribution in [3.8, 4) is 11.6 Å². The van der Waals surface area contributed by atoms with Gasteiger partial charge in [0, 0.05) is 12.5 Å². The number of aromatic nitrogens is 2. The van der Waals surface area contributed by atoms with Gasteiger partial charge in [0.2, 0.25) is 11.8 Å². The van der Waals surface area contributed by atoms with Crippen LogP contribution >= 0.6 is 0 Å². The number of nitrogens with zero attached hydrogens (tertiary/aromatic N) is 3. The van der Waals surface area contributed by atoms with Crippen LogP contribution in [0.1, 0.15) is 90.9 Å². The van der Waals surface area contributed by atoms with E-state index < -0.39 is 0 Å². The Morgan fingerprint density at radius 3 is 2.26 bits per heavy atom. The molecule has 1 heterocycles. The van der Waals surface area contributed by atoms with Crippen LogP contribution in [0, 0.1) is 0 Å². The topological polar surface area (TPSA) is 56.5 Å².